The number of hydrogen-bond acceptors (Lipinski definition) is 34. The molecule has 0 aromatic rings. The molecule has 5 rings (SSSR count). The first-order valence-electron chi connectivity index (χ1n) is 43.7. The van der Waals surface area contributed by atoms with Gasteiger partial charge in [-0.2, -0.15) is 0 Å². The highest BCUT2D eigenvalue weighted by Crippen LogP contribution is 2.43. The lowest BCUT2D eigenvalue weighted by Crippen LogP contribution is -2.72. The van der Waals surface area contributed by atoms with Crippen LogP contribution in [0.4, 0.5) is 0 Å². The molecule has 0 saturated carbocycles. The average Bonchev–Trinajstić information content (AvgIpc) is 0.750. The van der Waals surface area contributed by atoms with Crippen LogP contribution in [0.15, 0.2) is 0 Å². The van der Waals surface area contributed by atoms with Crippen molar-refractivity contribution in [3.8, 4) is 0 Å². The van der Waals surface area contributed by atoms with E-state index in [-0.39, 0.29) is 18.7 Å². The van der Waals surface area contributed by atoms with Gasteiger partial charge in [0.2, 0.25) is 23.6 Å². The predicted octanol–water partition coefficient (Wildman–Crippen LogP) is -2.26. The van der Waals surface area contributed by atoms with Crippen LogP contribution in [0.3, 0.4) is 0 Å². The average molecular weight is 1770 g/mol. The van der Waals surface area contributed by atoms with Crippen LogP contribution in [0, 0.1) is 0 Å². The van der Waals surface area contributed by atoms with Gasteiger partial charge in [0.25, 0.3) is 17.4 Å². The van der Waals surface area contributed by atoms with Crippen molar-refractivity contribution in [3.63, 3.8) is 0 Å². The van der Waals surface area contributed by atoms with Crippen LogP contribution in [-0.2, 0) is 80.9 Å². The Kier molecular flexibility index (Phi) is 48.1. The number of aliphatic carboxylic acids is 3. The number of carbonyl (C=O) groups is 7. The third-order valence-electron chi connectivity index (χ3n) is 23.3. The summed E-state index contributed by atoms with van der Waals surface area (Å²) >= 11 is 0. The van der Waals surface area contributed by atoms with E-state index in [4.69, 9.17) is 47.4 Å². The molecule has 5 fully saturated rings. The fourth-order valence-electron chi connectivity index (χ4n) is 16.4. The fraction of sp³-hybridized carbons (Fsp3) is 0.914. The first-order chi connectivity index (χ1) is 58.0. The molecule has 5 aliphatic rings. The van der Waals surface area contributed by atoms with Gasteiger partial charge in [0.1, 0.15) is 104 Å². The van der Waals surface area contributed by atoms with Crippen molar-refractivity contribution in [2.24, 2.45) is 0 Å². The number of carboxylic acid groups (broad SMARTS) is 3. The van der Waals surface area contributed by atoms with E-state index in [0.717, 1.165) is 85.0 Å². The summed E-state index contributed by atoms with van der Waals surface area (Å²) in [7, 11) is 0. The number of carboxylic acids is 3. The zero-order valence-electron chi connectivity index (χ0n) is 71.1. The van der Waals surface area contributed by atoms with Crippen LogP contribution in [0.1, 0.15) is 247 Å². The molecule has 0 aromatic carbocycles. The summed E-state index contributed by atoms with van der Waals surface area (Å²) < 4.78 is 58.3. The second-order valence-electron chi connectivity index (χ2n) is 33.2. The molecule has 5 saturated heterocycles. The van der Waals surface area contributed by atoms with Crippen LogP contribution >= 0.6 is 0 Å². The van der Waals surface area contributed by atoms with Crippen molar-refractivity contribution in [1.82, 2.24) is 21.3 Å². The smallest absolute Gasteiger partial charge is 0.364 e. The van der Waals surface area contributed by atoms with Crippen LogP contribution in [0.2, 0.25) is 0 Å². The molecule has 0 aliphatic carbocycles. The Bertz CT molecular complexity index is 3050. The Labute approximate surface area is 711 Å². The topological polar surface area (TPSA) is 665 Å². The summed E-state index contributed by atoms with van der Waals surface area (Å²) in [6, 6.07) is -6.93. The van der Waals surface area contributed by atoms with Crippen molar-refractivity contribution in [2.75, 3.05) is 39.6 Å². The summed E-state index contributed by atoms with van der Waals surface area (Å²) in [6.45, 7) is -0.00147. The van der Waals surface area contributed by atoms with E-state index in [9.17, 15) is 136 Å². The van der Waals surface area contributed by atoms with Gasteiger partial charge in [-0.15, -0.1) is 0 Å². The molecule has 5 heterocycles. The first kappa shape index (κ1) is 108. The largest absolute Gasteiger partial charge is 0.477 e. The molecule has 0 radical (unpaired) electrons. The van der Waals surface area contributed by atoms with Crippen molar-refractivity contribution in [2.45, 2.75) is 429 Å². The minimum atomic E-state index is -3.57. The molecule has 0 spiro atoms. The van der Waals surface area contributed by atoms with Crippen molar-refractivity contribution in [1.29, 1.82) is 0 Å². The molecule has 122 heavy (non-hydrogen) atoms. The highest BCUT2D eigenvalue weighted by Gasteiger charge is 2.64. The van der Waals surface area contributed by atoms with Crippen LogP contribution in [-0.4, -0.2) is 366 Å². The second-order valence-corrected chi connectivity index (χ2v) is 33.2. The minimum absolute atomic E-state index is 0.147. The van der Waals surface area contributed by atoms with E-state index in [2.05, 4.69) is 35.1 Å². The number of rotatable bonds is 60. The van der Waals surface area contributed by atoms with E-state index in [0.29, 0.717) is 12.8 Å². The Hall–Kier alpha value is -4.79. The SMILES string of the molecule is CCCCCCCCCCCCCCCCCC(=O)NC(COC1OC(CO)C(OC2OC(CO)C(O)C(OC3(C(=O)O)CC(O)C(NC(C)=O)C(C(O)C(CO)OC4(C(=O)O)CC(O)C(NC(C)=O)C(C(O)C(CO)OC5(C(=O)O)CC(O)C(NC(C)=O)C(C(O)C(O)CO)O5)O4)O3)C2O)C(O)C1O)C(O)CCCCCCCCCCCCCCC. The molecule has 41 nitrogen and oxygen atoms in total. The van der Waals surface area contributed by atoms with Gasteiger partial charge in [-0.05, 0) is 12.8 Å². The Morgan fingerprint density at radius 2 is 0.770 bits per heavy atom. The summed E-state index contributed by atoms with van der Waals surface area (Å²) in [5.74, 6) is -20.5. The molecular formula is C81H144N4O37. The highest BCUT2D eigenvalue weighted by molar-refractivity contribution is 5.79. The van der Waals surface area contributed by atoms with Gasteiger partial charge in [-0.25, -0.2) is 14.4 Å². The normalized spacial score (nSPS) is 32.7. The standard InChI is InChI=1S/C81H144N4O37/c1-6-8-10-12-14-16-18-20-21-23-25-27-29-31-33-35-58(99)85-48(49(94)34-32-30-28-26-24-22-19-17-15-13-11-9-7-2)44-113-74-67(105)66(104)69(57(43-90)115-74)116-75-68(106)73(63(101)54(40-87)114-75)122-81(78(111)112)38-52(97)61(84-47(5)93)72(121-81)65(103)56(42-89)118-80(77(109)110)37-51(96)60(83-46(4)92)71(120-80)64(102)55(41-88)117-79(76(107)108)36-50(95)59(82-45(3)91)70(119-79)62(100)53(98)39-86/h48-57,59-75,86-90,94-98,100-106H,6-44H2,1-5H3,(H,82,91)(H,83,92)(H,84,93)(H,85,99)(H,107,108)(H,109,110)(H,111,112). The maximum Gasteiger partial charge on any atom is 0.364 e. The summed E-state index contributed by atoms with van der Waals surface area (Å²) in [6.07, 6.45) is -24.1. The number of unbranched alkanes of at least 4 members (excludes halogenated alkanes) is 26. The van der Waals surface area contributed by atoms with Gasteiger partial charge in [0.15, 0.2) is 12.6 Å². The third kappa shape index (κ3) is 31.9. The molecule has 41 heteroatoms. The molecule has 4 amide bonds. The quantitative estimate of drug-likeness (QED) is 0.0286. The first-order valence-corrected chi connectivity index (χ1v) is 43.7. The lowest BCUT2D eigenvalue weighted by molar-refractivity contribution is -0.388. The predicted molar refractivity (Wildman–Crippen MR) is 424 cm³/mol. The summed E-state index contributed by atoms with van der Waals surface area (Å²) in [5, 5.41) is 235. The van der Waals surface area contributed by atoms with Crippen molar-refractivity contribution >= 4 is 41.5 Å². The van der Waals surface area contributed by atoms with E-state index < -0.39 is 277 Å². The van der Waals surface area contributed by atoms with Gasteiger partial charge in [-0.1, -0.05) is 187 Å². The summed E-state index contributed by atoms with van der Waals surface area (Å²) in [4.78, 5) is 92.2. The molecule has 5 aliphatic heterocycles. The lowest BCUT2D eigenvalue weighted by atomic mass is 9.86. The molecule has 24 N–H and O–H groups in total. The van der Waals surface area contributed by atoms with Gasteiger partial charge in [-0.3, -0.25) is 19.2 Å². The maximum atomic E-state index is 13.8. The fourth-order valence-corrected chi connectivity index (χ4v) is 16.4. The third-order valence-corrected chi connectivity index (χ3v) is 23.3. The van der Waals surface area contributed by atoms with E-state index in [1.165, 1.54) is 103 Å². The number of aliphatic hydroxyl groups is 17. The number of ether oxygens (including phenoxy) is 10. The van der Waals surface area contributed by atoms with Crippen LogP contribution in [0.5, 0.6) is 0 Å². The van der Waals surface area contributed by atoms with E-state index in [1.807, 2.05) is 0 Å². The highest BCUT2D eigenvalue weighted by atomic mass is 16.8. The zero-order chi connectivity index (χ0) is 90.6. The lowest BCUT2D eigenvalue weighted by Gasteiger charge is -2.51. The Morgan fingerprint density at radius 1 is 0.410 bits per heavy atom. The second kappa shape index (κ2) is 54.5. The number of hydrogen-bond donors (Lipinski definition) is 24. The maximum absolute atomic E-state index is 13.8. The number of carbonyl (C=O) groups excluding carboxylic acids is 4. The van der Waals surface area contributed by atoms with Crippen LogP contribution < -0.4 is 21.3 Å². The number of aliphatic hydroxyl groups excluding tert-OH is 17. The molecular weight excluding hydrogens is 1620 g/mol. The molecule has 30 unspecified atom stereocenters. The molecule has 710 valence electrons. The molecule has 0 aromatic heterocycles. The van der Waals surface area contributed by atoms with Crippen LogP contribution in [0.25, 0.3) is 0 Å². The van der Waals surface area contributed by atoms with Gasteiger partial charge < -0.3 is 171 Å². The Morgan fingerprint density at radius 3 is 1.14 bits per heavy atom. The van der Waals surface area contributed by atoms with Crippen molar-refractivity contribution < 1.29 is 183 Å². The van der Waals surface area contributed by atoms with E-state index in [1.54, 1.807) is 0 Å². The van der Waals surface area contributed by atoms with Gasteiger partial charge in [0, 0.05) is 46.5 Å². The van der Waals surface area contributed by atoms with E-state index >= 15 is 0 Å². The zero-order valence-corrected chi connectivity index (χ0v) is 71.1. The minimum Gasteiger partial charge on any atom is -0.477 e. The molecule has 0 bridgehead atoms. The monoisotopic (exact) mass is 1760 g/mol. The number of nitrogens with one attached hydrogen (secondary N) is 4. The summed E-state index contributed by atoms with van der Waals surface area (Å²) in [5.41, 5.74) is 0. The van der Waals surface area contributed by atoms with Gasteiger partial charge in [0.05, 0.1) is 88.2 Å². The molecule has 30 atom stereocenters. The Balaban J connectivity index is 1.35. The number of amides is 4. The van der Waals surface area contributed by atoms with Crippen molar-refractivity contribution in [3.05, 3.63) is 0 Å². The van der Waals surface area contributed by atoms with Gasteiger partial charge >= 0.3 is 17.9 Å².